The van der Waals surface area contributed by atoms with Gasteiger partial charge >= 0.3 is 0 Å². The summed E-state index contributed by atoms with van der Waals surface area (Å²) in [6.45, 7) is 3.54. The highest BCUT2D eigenvalue weighted by Crippen LogP contribution is 2.30. The van der Waals surface area contributed by atoms with Gasteiger partial charge in [0.15, 0.2) is 0 Å². The largest absolute Gasteiger partial charge is 0.393 e. The topological polar surface area (TPSA) is 68.5 Å². The molecule has 1 amide bonds. The van der Waals surface area contributed by atoms with Crippen LogP contribution in [0.2, 0.25) is 0 Å². The minimum Gasteiger partial charge on any atom is -0.393 e. The molecular formula is C17H17Br3F2N4O2. The van der Waals surface area contributed by atoms with Gasteiger partial charge in [0.2, 0.25) is 0 Å². The van der Waals surface area contributed by atoms with Gasteiger partial charge in [-0.3, -0.25) is 9.48 Å². The van der Waals surface area contributed by atoms with Crippen LogP contribution in [0.25, 0.3) is 0 Å². The Hall–Kier alpha value is -1.33. The molecule has 6 nitrogen and oxygen atoms in total. The van der Waals surface area contributed by atoms with E-state index in [1.54, 1.807) is 13.8 Å². The number of rotatable bonds is 7. The van der Waals surface area contributed by atoms with Crippen LogP contribution in [0, 0.1) is 0 Å². The number of hydrogen-bond donors (Lipinski definition) is 1. The Bertz CT molecular complexity index is 880. The van der Waals surface area contributed by atoms with Gasteiger partial charge in [-0.25, -0.2) is 8.78 Å². The Balaban J connectivity index is 1.98. The van der Waals surface area contributed by atoms with E-state index in [4.69, 9.17) is 4.84 Å². The third-order valence-electron chi connectivity index (χ3n) is 3.58. The van der Waals surface area contributed by atoms with E-state index >= 15 is 0 Å². The lowest BCUT2D eigenvalue weighted by atomic mass is 10.1. The van der Waals surface area contributed by atoms with Gasteiger partial charge in [-0.15, -0.1) is 0 Å². The van der Waals surface area contributed by atoms with Gasteiger partial charge in [0.25, 0.3) is 12.3 Å². The summed E-state index contributed by atoms with van der Waals surface area (Å²) in [6.07, 6.45) is -1.57. The van der Waals surface area contributed by atoms with E-state index in [0.29, 0.717) is 5.71 Å². The van der Waals surface area contributed by atoms with Crippen molar-refractivity contribution in [2.45, 2.75) is 26.3 Å². The number of halogens is 5. The molecule has 0 spiro atoms. The normalized spacial score (nSPS) is 13.0. The van der Waals surface area contributed by atoms with Crippen molar-refractivity contribution < 1.29 is 18.4 Å². The highest BCUT2D eigenvalue weighted by Gasteiger charge is 2.23. The maximum Gasteiger partial charge on any atom is 0.282 e. The van der Waals surface area contributed by atoms with Crippen LogP contribution in [0.1, 0.15) is 41.9 Å². The number of amides is 1. The van der Waals surface area contributed by atoms with Crippen LogP contribution in [-0.2, 0) is 11.9 Å². The molecule has 1 N–H and O–H groups in total. The van der Waals surface area contributed by atoms with Gasteiger partial charge < -0.3 is 10.2 Å². The van der Waals surface area contributed by atoms with Gasteiger partial charge in [-0.05, 0) is 26.0 Å². The zero-order valence-corrected chi connectivity index (χ0v) is 19.9. The molecule has 1 aromatic heterocycles. The third-order valence-corrected chi connectivity index (χ3v) is 5.29. The highest BCUT2D eigenvalue weighted by molar-refractivity contribution is 9.11. The van der Waals surface area contributed by atoms with Gasteiger partial charge in [0.05, 0.1) is 17.3 Å². The van der Waals surface area contributed by atoms with Crippen LogP contribution in [0.3, 0.4) is 0 Å². The average molecular weight is 587 g/mol. The van der Waals surface area contributed by atoms with Crippen molar-refractivity contribution in [1.29, 1.82) is 0 Å². The Morgan fingerprint density at radius 2 is 1.93 bits per heavy atom. The van der Waals surface area contributed by atoms with E-state index in [1.165, 1.54) is 17.9 Å². The Kier molecular flexibility index (Phi) is 8.14. The number of carbonyl (C=O) groups is 1. The zero-order chi connectivity index (χ0) is 21.0. The first kappa shape index (κ1) is 23.0. The maximum absolute atomic E-state index is 13.0. The number of benzene rings is 1. The molecule has 11 heteroatoms. The molecule has 0 bridgehead atoms. The van der Waals surface area contributed by atoms with Gasteiger partial charge in [-0.1, -0.05) is 52.9 Å². The van der Waals surface area contributed by atoms with E-state index in [9.17, 15) is 13.6 Å². The smallest absolute Gasteiger partial charge is 0.282 e. The number of oxime groups is 1. The SMILES string of the molecule is C/C(=N\OCC(C)NC(=O)c1cn(C)nc1C(F)F)c1c(Br)cc(Br)cc1Br. The zero-order valence-electron chi connectivity index (χ0n) is 15.1. The van der Waals surface area contributed by atoms with Crippen LogP contribution in [0.4, 0.5) is 8.78 Å². The van der Waals surface area contributed by atoms with Crippen LogP contribution < -0.4 is 5.32 Å². The molecule has 0 aliphatic heterocycles. The summed E-state index contributed by atoms with van der Waals surface area (Å²) < 4.78 is 29.7. The molecule has 0 aliphatic carbocycles. The van der Waals surface area contributed by atoms with Crippen molar-refractivity contribution in [3.05, 3.63) is 48.6 Å². The van der Waals surface area contributed by atoms with Crippen LogP contribution in [0.15, 0.2) is 36.9 Å². The molecule has 0 saturated carbocycles. The summed E-state index contributed by atoms with van der Waals surface area (Å²) in [5.41, 5.74) is 0.743. The molecule has 1 unspecified atom stereocenters. The second-order valence-electron chi connectivity index (χ2n) is 5.99. The van der Waals surface area contributed by atoms with Crippen LogP contribution in [-0.4, -0.2) is 34.0 Å². The van der Waals surface area contributed by atoms with Crippen molar-refractivity contribution in [2.75, 3.05) is 6.61 Å². The fourth-order valence-electron chi connectivity index (χ4n) is 2.36. The quantitative estimate of drug-likeness (QED) is 0.358. The van der Waals surface area contributed by atoms with Crippen molar-refractivity contribution in [1.82, 2.24) is 15.1 Å². The molecule has 0 aliphatic rings. The summed E-state index contributed by atoms with van der Waals surface area (Å²) in [5, 5.41) is 10.3. The molecule has 0 radical (unpaired) electrons. The van der Waals surface area contributed by atoms with Crippen molar-refractivity contribution >= 4 is 59.4 Å². The Morgan fingerprint density at radius 3 is 2.50 bits per heavy atom. The summed E-state index contributed by atoms with van der Waals surface area (Å²) in [7, 11) is 1.48. The molecule has 1 atom stereocenters. The fourth-order valence-corrected chi connectivity index (χ4v) is 5.20. The summed E-state index contributed by atoms with van der Waals surface area (Å²) in [5.74, 6) is -0.640. The molecule has 0 fully saturated rings. The van der Waals surface area contributed by atoms with Crippen molar-refractivity contribution in [3.8, 4) is 0 Å². The highest BCUT2D eigenvalue weighted by atomic mass is 79.9. The summed E-state index contributed by atoms with van der Waals surface area (Å²) in [6, 6.07) is 3.32. The Labute approximate surface area is 186 Å². The van der Waals surface area contributed by atoms with E-state index in [0.717, 1.165) is 19.0 Å². The monoisotopic (exact) mass is 584 g/mol. The number of aromatic nitrogens is 2. The Morgan fingerprint density at radius 1 is 1.32 bits per heavy atom. The van der Waals surface area contributed by atoms with Crippen LogP contribution in [0.5, 0.6) is 0 Å². The first-order valence-electron chi connectivity index (χ1n) is 8.04. The van der Waals surface area contributed by atoms with E-state index in [2.05, 4.69) is 63.4 Å². The maximum atomic E-state index is 13.0. The molecule has 2 rings (SSSR count). The second kappa shape index (κ2) is 9.93. The van der Waals surface area contributed by atoms with E-state index < -0.39 is 24.1 Å². The van der Waals surface area contributed by atoms with Crippen molar-refractivity contribution in [2.24, 2.45) is 12.2 Å². The first-order valence-corrected chi connectivity index (χ1v) is 10.4. The summed E-state index contributed by atoms with van der Waals surface area (Å²) in [4.78, 5) is 17.5. The molecule has 152 valence electrons. The fraction of sp³-hybridized carbons (Fsp3) is 0.353. The lowest BCUT2D eigenvalue weighted by molar-refractivity contribution is 0.0855. The predicted octanol–water partition coefficient (Wildman–Crippen LogP) is 5.20. The minimum atomic E-state index is -2.83. The van der Waals surface area contributed by atoms with E-state index in [-0.39, 0.29) is 12.2 Å². The molecule has 2 aromatic rings. The van der Waals surface area contributed by atoms with Gasteiger partial charge in [0.1, 0.15) is 12.3 Å². The molecular weight excluding hydrogens is 570 g/mol. The lowest BCUT2D eigenvalue weighted by Gasteiger charge is -2.13. The molecule has 1 aromatic carbocycles. The van der Waals surface area contributed by atoms with Gasteiger partial charge in [-0.2, -0.15) is 5.10 Å². The predicted molar refractivity (Wildman–Crippen MR) is 113 cm³/mol. The molecule has 1 heterocycles. The van der Waals surface area contributed by atoms with Gasteiger partial charge in [0, 0.05) is 32.2 Å². The lowest BCUT2D eigenvalue weighted by Crippen LogP contribution is -2.35. The standard InChI is InChI=1S/C17H17Br3F2N4O2/c1-8(23-17(27)11-6-26(3)24-15(11)16(21)22)7-28-25-9(2)14-12(19)4-10(18)5-13(14)20/h4-6,8,16H,7H2,1-3H3,(H,23,27)/b25-9+. The number of hydrogen-bond acceptors (Lipinski definition) is 4. The molecule has 0 saturated heterocycles. The molecule has 28 heavy (non-hydrogen) atoms. The number of nitrogens with one attached hydrogen (secondary N) is 1. The van der Waals surface area contributed by atoms with Crippen LogP contribution >= 0.6 is 47.8 Å². The minimum absolute atomic E-state index is 0.0686. The second-order valence-corrected chi connectivity index (χ2v) is 8.62. The van der Waals surface area contributed by atoms with E-state index in [1.807, 2.05) is 12.1 Å². The number of alkyl halides is 2. The third kappa shape index (κ3) is 5.84. The first-order chi connectivity index (χ1) is 13.1. The van der Waals surface area contributed by atoms with Crippen molar-refractivity contribution in [3.63, 3.8) is 0 Å². The number of aryl methyl sites for hydroxylation is 1. The summed E-state index contributed by atoms with van der Waals surface area (Å²) >= 11 is 10.4. The number of nitrogens with zero attached hydrogens (tertiary/aromatic N) is 3. The number of carbonyl (C=O) groups excluding carboxylic acids is 1. The average Bonchev–Trinajstić information content (AvgIpc) is 2.96.